The Bertz CT molecular complexity index is 1890. The molecule has 0 saturated heterocycles. The Morgan fingerprint density at radius 2 is 0.859 bits per heavy atom. The molecule has 2 amide bonds. The van der Waals surface area contributed by atoms with Crippen molar-refractivity contribution >= 4 is 47.1 Å². The van der Waals surface area contributed by atoms with Gasteiger partial charge in [-0.15, -0.1) is 0 Å². The van der Waals surface area contributed by atoms with E-state index in [4.69, 9.17) is 31.2 Å². The first-order valence-electron chi connectivity index (χ1n) is 28.8. The van der Waals surface area contributed by atoms with Crippen molar-refractivity contribution in [3.05, 3.63) is 84.0 Å². The maximum Gasteiger partial charge on any atom is 0.325 e. The van der Waals surface area contributed by atoms with Gasteiger partial charge < -0.3 is 62.6 Å². The molecule has 6 unspecified atom stereocenters. The fourth-order valence-corrected chi connectivity index (χ4v) is 8.57. The molecule has 0 saturated carbocycles. The van der Waals surface area contributed by atoms with Gasteiger partial charge in [-0.1, -0.05) is 127 Å². The fourth-order valence-electron chi connectivity index (χ4n) is 8.57. The van der Waals surface area contributed by atoms with Crippen LogP contribution in [0.4, 0.5) is 11.4 Å². The van der Waals surface area contributed by atoms with Gasteiger partial charge in [0.05, 0.1) is 12.2 Å². The number of carbonyl (C=O) groups is 6. The number of unbranched alkanes of at least 4 members (excludes halogenated alkanes) is 14. The van der Waals surface area contributed by atoms with Crippen molar-refractivity contribution in [3.8, 4) is 0 Å². The van der Waals surface area contributed by atoms with Crippen molar-refractivity contribution in [1.29, 1.82) is 0 Å². The number of hydrogen-bond acceptors (Lipinski definition) is 14. The van der Waals surface area contributed by atoms with E-state index in [0.717, 1.165) is 127 Å². The number of nitrogens with one attached hydrogen (secondary N) is 4. The number of nitrogens with two attached hydrogens (primary N) is 2. The molecule has 0 fully saturated rings. The number of anilines is 2. The van der Waals surface area contributed by atoms with Gasteiger partial charge in [-0.3, -0.25) is 28.8 Å². The van der Waals surface area contributed by atoms with E-state index in [1.807, 2.05) is 12.2 Å². The number of hydrogen-bond donors (Lipinski definition) is 10. The summed E-state index contributed by atoms with van der Waals surface area (Å²) in [6.07, 6.45) is 25.4. The summed E-state index contributed by atoms with van der Waals surface area (Å²) in [5.41, 5.74) is 14.1. The highest BCUT2D eigenvalue weighted by atomic mass is 16.6. The van der Waals surface area contributed by atoms with Gasteiger partial charge >= 0.3 is 23.9 Å². The normalized spacial score (nSPS) is 13.8. The van der Waals surface area contributed by atoms with Crippen LogP contribution >= 0.6 is 0 Å². The summed E-state index contributed by atoms with van der Waals surface area (Å²) < 4.78 is 11.4. The number of amides is 2. The highest BCUT2D eigenvalue weighted by molar-refractivity contribution is 5.78. The smallest absolute Gasteiger partial charge is 0.325 e. The third-order valence-electron chi connectivity index (χ3n) is 13.3. The molecule has 0 aliphatic carbocycles. The van der Waals surface area contributed by atoms with Crippen LogP contribution in [-0.4, -0.2) is 119 Å². The topological polar surface area (TPSA) is 302 Å². The molecule has 0 heterocycles. The van der Waals surface area contributed by atoms with Crippen LogP contribution in [0.1, 0.15) is 179 Å². The minimum atomic E-state index is -1.06. The molecule has 78 heavy (non-hydrogen) atoms. The Labute approximate surface area is 464 Å². The maximum absolute atomic E-state index is 12.7. The Hall–Kier alpha value is -5.82. The number of carboxylic acids is 2. The third kappa shape index (κ3) is 34.1. The van der Waals surface area contributed by atoms with Gasteiger partial charge in [0.1, 0.15) is 37.4 Å². The van der Waals surface area contributed by atoms with Crippen molar-refractivity contribution in [2.24, 2.45) is 11.5 Å². The number of carboxylic acid groups (broad SMARTS) is 2. The van der Waals surface area contributed by atoms with Gasteiger partial charge in [0, 0.05) is 37.3 Å². The zero-order valence-corrected chi connectivity index (χ0v) is 46.8. The Balaban J connectivity index is 1.48. The number of esters is 2. The quantitative estimate of drug-likeness (QED) is 0.0169. The van der Waals surface area contributed by atoms with Crippen LogP contribution < -0.4 is 32.7 Å². The SMILES string of the molecule is CCCCCC(OC(=O)CNc1ccc(CC(N)C(=O)O)cc1)C(O)CC=CCCCCCCCC(=O)NCCNC(=O)CCCCCCCC=CCC(O)C(CCCCC)OC(=O)CNc1ccc(CC(N)C(=O)O)cc1. The van der Waals surface area contributed by atoms with Gasteiger partial charge in [-0.05, 0) is 125 Å². The molecule has 0 aliphatic rings. The number of aliphatic hydroxyl groups is 2. The second-order valence-electron chi connectivity index (χ2n) is 20.3. The van der Waals surface area contributed by atoms with Crippen LogP contribution in [-0.2, 0) is 51.1 Å². The lowest BCUT2D eigenvalue weighted by molar-refractivity contribution is -0.154. The molecule has 0 bridgehead atoms. The second-order valence-corrected chi connectivity index (χ2v) is 20.3. The van der Waals surface area contributed by atoms with Gasteiger partial charge in [-0.2, -0.15) is 0 Å². The average molecular weight is 1090 g/mol. The molecule has 438 valence electrons. The molecule has 0 aliphatic heterocycles. The van der Waals surface area contributed by atoms with E-state index in [1.54, 1.807) is 48.5 Å². The van der Waals surface area contributed by atoms with E-state index in [2.05, 4.69) is 47.3 Å². The largest absolute Gasteiger partial charge is 0.480 e. The molecule has 0 aromatic heterocycles. The number of carbonyl (C=O) groups excluding carboxylic acids is 4. The van der Waals surface area contributed by atoms with Gasteiger partial charge in [0.15, 0.2) is 0 Å². The standard InChI is InChI=1S/C60H96N6O12/c1-3-5-19-27-53(77-57(71)43-65-47-35-31-45(32-36-47)41-49(61)59(73)74)51(67)25-21-15-11-7-9-13-17-23-29-55(69)63-39-40-64-56(70)30-24-18-14-10-8-12-16-22-26-52(68)54(28-20-6-4-2)78-58(72)44-66-48-37-33-46(34-38-48)42-50(62)60(75)76/h15-16,21-22,31-38,49-54,65-68H,3-14,17-20,23-30,39-44,61-62H2,1-2H3,(H,63,69)(H,64,70)(H,73,74)(H,75,76). The van der Waals surface area contributed by atoms with Crippen molar-refractivity contribution in [2.75, 3.05) is 36.8 Å². The fraction of sp³-hybridized carbons (Fsp3) is 0.633. The second kappa shape index (κ2) is 43.1. The minimum absolute atomic E-state index is 0.0136. The molecule has 2 rings (SSSR count). The van der Waals surface area contributed by atoms with Crippen LogP contribution in [0.15, 0.2) is 72.8 Å². The predicted octanol–water partition coefficient (Wildman–Crippen LogP) is 8.41. The zero-order valence-electron chi connectivity index (χ0n) is 46.8. The van der Waals surface area contributed by atoms with Crippen molar-refractivity contribution < 1.29 is 58.7 Å². The lowest BCUT2D eigenvalue weighted by atomic mass is 10.0. The number of ether oxygens (including phenoxy) is 2. The summed E-state index contributed by atoms with van der Waals surface area (Å²) in [4.78, 5) is 72.1. The van der Waals surface area contributed by atoms with Crippen molar-refractivity contribution in [1.82, 2.24) is 10.6 Å². The highest BCUT2D eigenvalue weighted by Crippen LogP contribution is 2.19. The number of allylic oxidation sites excluding steroid dienone is 2. The lowest BCUT2D eigenvalue weighted by Crippen LogP contribution is -2.34. The molecule has 12 N–H and O–H groups in total. The summed E-state index contributed by atoms with van der Waals surface area (Å²) in [7, 11) is 0. The Kier molecular flexibility index (Phi) is 37.7. The van der Waals surface area contributed by atoms with E-state index >= 15 is 0 Å². The maximum atomic E-state index is 12.7. The number of aliphatic carboxylic acids is 2. The lowest BCUT2D eigenvalue weighted by Gasteiger charge is -2.23. The predicted molar refractivity (Wildman–Crippen MR) is 307 cm³/mol. The van der Waals surface area contributed by atoms with Crippen LogP contribution in [0, 0.1) is 0 Å². The minimum Gasteiger partial charge on any atom is -0.480 e. The average Bonchev–Trinajstić information content (AvgIpc) is 3.42. The zero-order chi connectivity index (χ0) is 57.2. The molecule has 2 aromatic carbocycles. The van der Waals surface area contributed by atoms with Gasteiger partial charge in [0.2, 0.25) is 11.8 Å². The molecule has 0 radical (unpaired) electrons. The van der Waals surface area contributed by atoms with Crippen molar-refractivity contribution in [2.45, 2.75) is 217 Å². The number of benzene rings is 2. The summed E-state index contributed by atoms with van der Waals surface area (Å²) >= 11 is 0. The van der Waals surface area contributed by atoms with E-state index in [9.17, 15) is 39.0 Å². The summed E-state index contributed by atoms with van der Waals surface area (Å²) in [5.74, 6) is -3.08. The molecular weight excluding hydrogens is 997 g/mol. The first kappa shape index (κ1) is 68.3. The van der Waals surface area contributed by atoms with Crippen LogP contribution in [0.5, 0.6) is 0 Å². The van der Waals surface area contributed by atoms with E-state index in [0.29, 0.717) is 63.0 Å². The van der Waals surface area contributed by atoms with Crippen molar-refractivity contribution in [3.63, 3.8) is 0 Å². The molecular formula is C60H96N6O12. The molecule has 6 atom stereocenters. The van der Waals surface area contributed by atoms with Crippen LogP contribution in [0.25, 0.3) is 0 Å². The summed E-state index contributed by atoms with van der Waals surface area (Å²) in [5, 5.41) is 51.7. The monoisotopic (exact) mass is 1090 g/mol. The van der Waals surface area contributed by atoms with Gasteiger partial charge in [-0.25, -0.2) is 0 Å². The number of rotatable bonds is 47. The van der Waals surface area contributed by atoms with E-state index in [1.165, 1.54) is 0 Å². The summed E-state index contributed by atoms with van der Waals surface area (Å²) in [6.45, 7) is 4.84. The highest BCUT2D eigenvalue weighted by Gasteiger charge is 2.24. The van der Waals surface area contributed by atoms with Crippen LogP contribution in [0.2, 0.25) is 0 Å². The third-order valence-corrected chi connectivity index (χ3v) is 13.3. The molecule has 0 spiro atoms. The Morgan fingerprint density at radius 1 is 0.500 bits per heavy atom. The van der Waals surface area contributed by atoms with E-state index in [-0.39, 0.29) is 37.7 Å². The summed E-state index contributed by atoms with van der Waals surface area (Å²) in [6, 6.07) is 12.1. The Morgan fingerprint density at radius 3 is 1.22 bits per heavy atom. The number of aliphatic hydroxyl groups excluding tert-OH is 2. The first-order valence-corrected chi connectivity index (χ1v) is 28.8. The molecule has 2 aromatic rings. The van der Waals surface area contributed by atoms with E-state index < -0.39 is 60.4 Å². The first-order chi connectivity index (χ1) is 37.6. The molecule has 18 heteroatoms. The molecule has 18 nitrogen and oxygen atoms in total. The van der Waals surface area contributed by atoms with Gasteiger partial charge in [0.25, 0.3) is 0 Å². The van der Waals surface area contributed by atoms with Crippen LogP contribution in [0.3, 0.4) is 0 Å².